The molecule has 0 aliphatic heterocycles. The van der Waals surface area contributed by atoms with Crippen LogP contribution >= 0.6 is 15.9 Å². The van der Waals surface area contributed by atoms with E-state index in [0.717, 1.165) is 0 Å². The largest absolute Gasteiger partial charge is 0.277 e. The molecule has 1 amide bonds. The number of aromatic nitrogens is 3. The first-order valence-corrected chi connectivity index (χ1v) is 8.63. The lowest BCUT2D eigenvalue weighted by Crippen LogP contribution is -2.46. The summed E-state index contributed by atoms with van der Waals surface area (Å²) in [6.07, 6.45) is 3.07. The van der Waals surface area contributed by atoms with Crippen LogP contribution in [0.15, 0.2) is 21.8 Å². The van der Waals surface area contributed by atoms with Crippen LogP contribution in [0.3, 0.4) is 0 Å². The Morgan fingerprint density at radius 2 is 2.00 bits per heavy atom. The zero-order valence-electron chi connectivity index (χ0n) is 12.5. The first-order valence-electron chi connectivity index (χ1n) is 6.35. The van der Waals surface area contributed by atoms with E-state index in [1.165, 1.54) is 10.7 Å². The summed E-state index contributed by atoms with van der Waals surface area (Å²) >= 11 is 3.24. The number of nitrogens with one attached hydrogen (secondary N) is 2. The van der Waals surface area contributed by atoms with Gasteiger partial charge in [0.2, 0.25) is 5.91 Å². The summed E-state index contributed by atoms with van der Waals surface area (Å²) in [5.41, 5.74) is 1.94. The van der Waals surface area contributed by atoms with Crippen molar-refractivity contribution in [1.29, 1.82) is 0 Å². The minimum absolute atomic E-state index is 0.0748. The van der Waals surface area contributed by atoms with Gasteiger partial charge in [0.25, 0.3) is 10.0 Å². The van der Waals surface area contributed by atoms with Gasteiger partial charge in [0.1, 0.15) is 0 Å². The van der Waals surface area contributed by atoms with Crippen molar-refractivity contribution in [2.24, 2.45) is 5.41 Å². The van der Waals surface area contributed by atoms with Gasteiger partial charge in [-0.3, -0.25) is 10.2 Å². The van der Waals surface area contributed by atoms with Gasteiger partial charge in [0.05, 0.1) is 10.2 Å². The molecule has 2 N–H and O–H groups in total. The van der Waals surface area contributed by atoms with Crippen LogP contribution in [0.4, 0.5) is 0 Å². The van der Waals surface area contributed by atoms with Crippen LogP contribution in [-0.4, -0.2) is 28.9 Å². The smallest absolute Gasteiger partial charge is 0.263 e. The van der Waals surface area contributed by atoms with Crippen LogP contribution < -0.4 is 10.3 Å². The molecule has 0 atom stereocenters. The Morgan fingerprint density at radius 3 is 2.59 bits per heavy atom. The van der Waals surface area contributed by atoms with Crippen LogP contribution in [0, 0.1) is 12.3 Å². The van der Waals surface area contributed by atoms with Crippen molar-refractivity contribution in [3.63, 3.8) is 0 Å². The van der Waals surface area contributed by atoms with Gasteiger partial charge in [-0.2, -0.15) is 5.10 Å². The maximum Gasteiger partial charge on any atom is 0.263 e. The standard InChI is InChI=1S/C12H16BrN5O3S/c1-7-9(10-14-5-8(13)6-18(10)16-7)22(20,21)17-15-11(19)12(2,3)4/h5-6,17H,1-4H3,(H,15,19). The average molecular weight is 390 g/mol. The van der Waals surface area contributed by atoms with Gasteiger partial charge in [0.15, 0.2) is 10.5 Å². The summed E-state index contributed by atoms with van der Waals surface area (Å²) in [7, 11) is -3.99. The third-order valence-corrected chi connectivity index (χ3v) is 4.61. The lowest BCUT2D eigenvalue weighted by atomic mass is 9.96. The van der Waals surface area contributed by atoms with Crippen molar-refractivity contribution in [2.75, 3.05) is 0 Å². The zero-order valence-corrected chi connectivity index (χ0v) is 14.9. The maximum absolute atomic E-state index is 12.4. The molecule has 0 fully saturated rings. The molecule has 0 saturated heterocycles. The van der Waals surface area contributed by atoms with Gasteiger partial charge in [-0.05, 0) is 22.9 Å². The van der Waals surface area contributed by atoms with Gasteiger partial charge >= 0.3 is 0 Å². The quantitative estimate of drug-likeness (QED) is 0.766. The first kappa shape index (κ1) is 16.8. The maximum atomic E-state index is 12.4. The van der Waals surface area contributed by atoms with Crippen LogP contribution in [-0.2, 0) is 14.8 Å². The number of carbonyl (C=O) groups excluding carboxylic acids is 1. The summed E-state index contributed by atoms with van der Waals surface area (Å²) in [5.74, 6) is -0.444. The fraction of sp³-hybridized carbons (Fsp3) is 0.417. The summed E-state index contributed by atoms with van der Waals surface area (Å²) in [6.45, 7) is 6.59. The number of hydrogen-bond donors (Lipinski definition) is 2. The molecule has 2 rings (SSSR count). The Balaban J connectivity index is 2.38. The molecule has 0 bridgehead atoms. The van der Waals surface area contributed by atoms with Crippen molar-refractivity contribution < 1.29 is 13.2 Å². The minimum Gasteiger partial charge on any atom is -0.277 e. The lowest BCUT2D eigenvalue weighted by Gasteiger charge is -2.17. The Morgan fingerprint density at radius 1 is 1.36 bits per heavy atom. The molecule has 0 unspecified atom stereocenters. The molecule has 0 aliphatic carbocycles. The molecule has 10 heteroatoms. The molecule has 0 radical (unpaired) electrons. The fourth-order valence-corrected chi connectivity index (χ4v) is 3.11. The predicted octanol–water partition coefficient (Wildman–Crippen LogP) is 1.16. The SMILES string of the molecule is Cc1nn2cc(Br)cnc2c1S(=O)(=O)NNC(=O)C(C)(C)C. The lowest BCUT2D eigenvalue weighted by molar-refractivity contribution is -0.129. The summed E-state index contributed by atoms with van der Waals surface area (Å²) in [5, 5.41) is 4.11. The van der Waals surface area contributed by atoms with Gasteiger partial charge in [-0.25, -0.2) is 17.9 Å². The number of rotatable bonds is 3. The molecular weight excluding hydrogens is 374 g/mol. The number of sulfonamides is 1. The van der Waals surface area contributed by atoms with Crippen LogP contribution in [0.2, 0.25) is 0 Å². The molecule has 120 valence electrons. The molecule has 0 aromatic carbocycles. The Hall–Kier alpha value is -1.52. The van der Waals surface area contributed by atoms with E-state index in [1.807, 2.05) is 0 Å². The van der Waals surface area contributed by atoms with E-state index in [-0.39, 0.29) is 16.2 Å². The number of halogens is 1. The van der Waals surface area contributed by atoms with E-state index in [2.05, 4.69) is 36.3 Å². The monoisotopic (exact) mass is 389 g/mol. The predicted molar refractivity (Wildman–Crippen MR) is 83.3 cm³/mol. The highest BCUT2D eigenvalue weighted by Crippen LogP contribution is 2.20. The highest BCUT2D eigenvalue weighted by Gasteiger charge is 2.27. The number of hydrogen-bond acceptors (Lipinski definition) is 5. The van der Waals surface area contributed by atoms with Crippen LogP contribution in [0.5, 0.6) is 0 Å². The summed E-state index contributed by atoms with van der Waals surface area (Å²) < 4.78 is 26.9. The molecule has 0 spiro atoms. The Bertz CT molecular complexity index is 838. The Kier molecular flexibility index (Phi) is 4.28. The van der Waals surface area contributed by atoms with Gasteiger partial charge < -0.3 is 0 Å². The first-order chi connectivity index (χ1) is 10.0. The number of carbonyl (C=O) groups is 1. The minimum atomic E-state index is -3.99. The van der Waals surface area contributed by atoms with E-state index in [1.54, 1.807) is 33.9 Å². The number of aryl methyl sites for hydroxylation is 1. The second kappa shape index (κ2) is 5.60. The number of amides is 1. The highest BCUT2D eigenvalue weighted by molar-refractivity contribution is 9.10. The van der Waals surface area contributed by atoms with E-state index >= 15 is 0 Å². The van der Waals surface area contributed by atoms with Crippen molar-refractivity contribution in [1.82, 2.24) is 24.9 Å². The van der Waals surface area contributed by atoms with Gasteiger partial charge in [-0.15, -0.1) is 4.83 Å². The molecular formula is C12H16BrN5O3S. The normalized spacial score (nSPS) is 12.6. The average Bonchev–Trinajstić information content (AvgIpc) is 2.70. The third kappa shape index (κ3) is 3.28. The molecule has 0 aliphatic rings. The van der Waals surface area contributed by atoms with Crippen molar-refractivity contribution in [3.8, 4) is 0 Å². The van der Waals surface area contributed by atoms with Crippen molar-refractivity contribution in [3.05, 3.63) is 22.6 Å². The second-order valence-corrected chi connectivity index (χ2v) is 8.30. The zero-order chi connectivity index (χ0) is 16.7. The summed E-state index contributed by atoms with van der Waals surface area (Å²) in [4.78, 5) is 17.9. The molecule has 2 aromatic rings. The third-order valence-electron chi connectivity index (χ3n) is 2.81. The second-order valence-electron chi connectivity index (χ2n) is 5.76. The van der Waals surface area contributed by atoms with E-state index < -0.39 is 21.3 Å². The fourth-order valence-electron chi connectivity index (χ4n) is 1.67. The van der Waals surface area contributed by atoms with E-state index in [9.17, 15) is 13.2 Å². The highest BCUT2D eigenvalue weighted by atomic mass is 79.9. The van der Waals surface area contributed by atoms with Crippen LogP contribution in [0.1, 0.15) is 26.5 Å². The van der Waals surface area contributed by atoms with Crippen LogP contribution in [0.25, 0.3) is 5.65 Å². The van der Waals surface area contributed by atoms with Crippen molar-refractivity contribution in [2.45, 2.75) is 32.6 Å². The molecule has 0 saturated carbocycles. The molecule has 2 heterocycles. The van der Waals surface area contributed by atoms with E-state index in [4.69, 9.17) is 0 Å². The molecule has 22 heavy (non-hydrogen) atoms. The Labute approximate surface area is 136 Å². The molecule has 2 aromatic heterocycles. The number of nitrogens with zero attached hydrogens (tertiary/aromatic N) is 3. The van der Waals surface area contributed by atoms with Gasteiger partial charge in [-0.1, -0.05) is 20.8 Å². The number of fused-ring (bicyclic) bond motifs is 1. The number of hydrazine groups is 1. The molecule has 8 nitrogen and oxygen atoms in total. The topological polar surface area (TPSA) is 105 Å². The van der Waals surface area contributed by atoms with E-state index in [0.29, 0.717) is 4.47 Å². The summed E-state index contributed by atoms with van der Waals surface area (Å²) in [6, 6.07) is 0. The van der Waals surface area contributed by atoms with Gasteiger partial charge in [0, 0.05) is 17.8 Å². The van der Waals surface area contributed by atoms with Crippen molar-refractivity contribution >= 4 is 37.5 Å².